The molecule has 28 heavy (non-hydrogen) atoms. The summed E-state index contributed by atoms with van der Waals surface area (Å²) in [5, 5.41) is 8.95. The number of hydrogen-bond acceptors (Lipinski definition) is 5. The first-order chi connectivity index (χ1) is 13.3. The molecule has 1 saturated heterocycles. The molecule has 0 radical (unpaired) electrons. The van der Waals surface area contributed by atoms with Gasteiger partial charge in [-0.1, -0.05) is 23.4 Å². The molecule has 1 atom stereocenters. The van der Waals surface area contributed by atoms with Crippen LogP contribution in [0.3, 0.4) is 0 Å². The van der Waals surface area contributed by atoms with Crippen molar-refractivity contribution in [1.82, 2.24) is 20.7 Å². The Kier molecular flexibility index (Phi) is 5.98. The lowest BCUT2D eigenvalue weighted by atomic mass is 10.0. The number of piperazine rings is 1. The van der Waals surface area contributed by atoms with Crippen molar-refractivity contribution in [3.05, 3.63) is 53.4 Å². The predicted molar refractivity (Wildman–Crippen MR) is 91.6 cm³/mol. The van der Waals surface area contributed by atoms with E-state index >= 15 is 0 Å². The van der Waals surface area contributed by atoms with E-state index in [9.17, 15) is 22.8 Å². The molecule has 3 rings (SSSR count). The van der Waals surface area contributed by atoms with Gasteiger partial charge in [-0.3, -0.25) is 14.5 Å². The number of nitrogens with one attached hydrogen (secondary N) is 2. The van der Waals surface area contributed by atoms with Crippen molar-refractivity contribution in [3.63, 3.8) is 0 Å². The number of rotatable bonds is 6. The van der Waals surface area contributed by atoms with Gasteiger partial charge in [0.2, 0.25) is 11.8 Å². The Balaban J connectivity index is 1.69. The van der Waals surface area contributed by atoms with Crippen molar-refractivity contribution >= 4 is 11.8 Å². The molecule has 10 heteroatoms. The van der Waals surface area contributed by atoms with E-state index in [1.165, 1.54) is 24.5 Å². The molecule has 1 aromatic carbocycles. The van der Waals surface area contributed by atoms with Gasteiger partial charge >= 0.3 is 6.18 Å². The Bertz CT molecular complexity index is 824. The summed E-state index contributed by atoms with van der Waals surface area (Å²) in [6, 6.07) is 5.98. The van der Waals surface area contributed by atoms with Crippen LogP contribution in [0.5, 0.6) is 0 Å². The molecule has 2 aromatic rings. The van der Waals surface area contributed by atoms with Crippen LogP contribution in [-0.2, 0) is 28.9 Å². The highest BCUT2D eigenvalue weighted by Gasteiger charge is 2.36. The second-order valence-corrected chi connectivity index (χ2v) is 6.40. The highest BCUT2D eigenvalue weighted by Crippen LogP contribution is 2.32. The quantitative estimate of drug-likeness (QED) is 0.776. The summed E-state index contributed by atoms with van der Waals surface area (Å²) in [7, 11) is 0. The molecule has 1 aliphatic heterocycles. The van der Waals surface area contributed by atoms with Crippen LogP contribution in [0.2, 0.25) is 0 Å². The summed E-state index contributed by atoms with van der Waals surface area (Å²) in [6.07, 6.45) is -3.28. The standard InChI is InChI=1S/C18H19F3N4O3/c19-18(20,21)14-4-2-1-3-12(14)11-25-7-6-22-17(27)15(25)9-16(26)23-10-13-5-8-28-24-13/h1-5,8,15H,6-7,9-11H2,(H,22,27)(H,23,26)/t15-/m1/s1. The number of amides is 2. The number of alkyl halides is 3. The van der Waals surface area contributed by atoms with Crippen molar-refractivity contribution < 1.29 is 27.3 Å². The maximum absolute atomic E-state index is 13.2. The molecule has 0 unspecified atom stereocenters. The molecule has 150 valence electrons. The fourth-order valence-electron chi connectivity index (χ4n) is 3.09. The SMILES string of the molecule is O=C(C[C@@H]1C(=O)NCCN1Cc1ccccc1C(F)(F)F)NCc1ccon1. The average molecular weight is 396 g/mol. The molecule has 0 bridgehead atoms. The van der Waals surface area contributed by atoms with Crippen LogP contribution in [0.1, 0.15) is 23.2 Å². The van der Waals surface area contributed by atoms with Crippen molar-refractivity contribution in [1.29, 1.82) is 0 Å². The van der Waals surface area contributed by atoms with E-state index in [1.54, 1.807) is 11.0 Å². The van der Waals surface area contributed by atoms with Crippen molar-refractivity contribution in [2.24, 2.45) is 0 Å². The maximum Gasteiger partial charge on any atom is 0.416 e. The van der Waals surface area contributed by atoms with Crippen LogP contribution >= 0.6 is 0 Å². The van der Waals surface area contributed by atoms with Crippen molar-refractivity contribution in [3.8, 4) is 0 Å². The van der Waals surface area contributed by atoms with Crippen LogP contribution in [0.25, 0.3) is 0 Å². The fourth-order valence-corrected chi connectivity index (χ4v) is 3.09. The second kappa shape index (κ2) is 8.42. The Morgan fingerprint density at radius 1 is 1.32 bits per heavy atom. The molecular formula is C18H19F3N4O3. The molecular weight excluding hydrogens is 377 g/mol. The van der Waals surface area contributed by atoms with E-state index in [4.69, 9.17) is 0 Å². The zero-order valence-electron chi connectivity index (χ0n) is 14.8. The smallest absolute Gasteiger partial charge is 0.364 e. The molecule has 0 aliphatic carbocycles. The highest BCUT2D eigenvalue weighted by atomic mass is 19.4. The van der Waals surface area contributed by atoms with E-state index in [-0.39, 0.29) is 31.0 Å². The summed E-state index contributed by atoms with van der Waals surface area (Å²) in [5.74, 6) is -0.786. The van der Waals surface area contributed by atoms with E-state index in [1.807, 2.05) is 0 Å². The Morgan fingerprint density at radius 2 is 2.11 bits per heavy atom. The minimum Gasteiger partial charge on any atom is -0.364 e. The molecule has 2 heterocycles. The highest BCUT2D eigenvalue weighted by molar-refractivity contribution is 5.88. The van der Waals surface area contributed by atoms with Crippen LogP contribution in [0.15, 0.2) is 41.1 Å². The number of aromatic nitrogens is 1. The van der Waals surface area contributed by atoms with Gasteiger partial charge in [0.25, 0.3) is 0 Å². The van der Waals surface area contributed by atoms with Crippen molar-refractivity contribution in [2.75, 3.05) is 13.1 Å². The number of carbonyl (C=O) groups is 2. The molecule has 2 N–H and O–H groups in total. The van der Waals surface area contributed by atoms with Gasteiger partial charge in [0.1, 0.15) is 12.0 Å². The third kappa shape index (κ3) is 4.89. The number of benzene rings is 1. The molecule has 1 aliphatic rings. The summed E-state index contributed by atoms with van der Waals surface area (Å²) in [6.45, 7) is 0.716. The average Bonchev–Trinajstić information content (AvgIpc) is 3.16. The van der Waals surface area contributed by atoms with E-state index in [0.717, 1.165) is 6.07 Å². The lowest BCUT2D eigenvalue weighted by molar-refractivity contribution is -0.139. The number of hydrogen-bond donors (Lipinski definition) is 2. The second-order valence-electron chi connectivity index (χ2n) is 6.40. The van der Waals surface area contributed by atoms with Gasteiger partial charge in [0, 0.05) is 25.7 Å². The Labute approximate surface area is 158 Å². The molecule has 0 spiro atoms. The zero-order chi connectivity index (χ0) is 20.1. The topological polar surface area (TPSA) is 87.5 Å². The van der Waals surface area contributed by atoms with Gasteiger partial charge in [-0.2, -0.15) is 13.2 Å². The summed E-state index contributed by atoms with van der Waals surface area (Å²) < 4.78 is 44.4. The van der Waals surface area contributed by atoms with Gasteiger partial charge in [-0.25, -0.2) is 0 Å². The lowest BCUT2D eigenvalue weighted by Gasteiger charge is -2.35. The Morgan fingerprint density at radius 3 is 2.82 bits per heavy atom. The van der Waals surface area contributed by atoms with Crippen LogP contribution < -0.4 is 10.6 Å². The van der Waals surface area contributed by atoms with Gasteiger partial charge in [0.15, 0.2) is 0 Å². The summed E-state index contributed by atoms with van der Waals surface area (Å²) in [5.41, 5.74) is -0.148. The van der Waals surface area contributed by atoms with Crippen molar-refractivity contribution in [2.45, 2.75) is 31.7 Å². The Hall–Kier alpha value is -2.88. The number of carbonyl (C=O) groups excluding carboxylic acids is 2. The van der Waals surface area contributed by atoms with Crippen LogP contribution in [0.4, 0.5) is 13.2 Å². The first kappa shape index (κ1) is 19.9. The first-order valence-corrected chi connectivity index (χ1v) is 8.67. The maximum atomic E-state index is 13.2. The van der Waals surface area contributed by atoms with Gasteiger partial charge in [-0.15, -0.1) is 0 Å². The molecule has 0 saturated carbocycles. The van der Waals surface area contributed by atoms with E-state index in [2.05, 4.69) is 20.3 Å². The third-order valence-electron chi connectivity index (χ3n) is 4.47. The van der Waals surface area contributed by atoms with Crippen LogP contribution in [0, 0.1) is 0 Å². The van der Waals surface area contributed by atoms with E-state index in [0.29, 0.717) is 18.8 Å². The first-order valence-electron chi connectivity index (χ1n) is 8.67. The fraction of sp³-hybridized carbons (Fsp3) is 0.389. The normalized spacial score (nSPS) is 18.0. The monoisotopic (exact) mass is 396 g/mol. The molecule has 1 aromatic heterocycles. The zero-order valence-corrected chi connectivity index (χ0v) is 14.8. The number of halogens is 3. The molecule has 7 nitrogen and oxygen atoms in total. The van der Waals surface area contributed by atoms with Gasteiger partial charge < -0.3 is 15.2 Å². The largest absolute Gasteiger partial charge is 0.416 e. The minimum atomic E-state index is -4.49. The molecule has 1 fully saturated rings. The summed E-state index contributed by atoms with van der Waals surface area (Å²) in [4.78, 5) is 26.1. The molecule has 2 amide bonds. The number of nitrogens with zero attached hydrogens (tertiary/aromatic N) is 2. The van der Waals surface area contributed by atoms with Gasteiger partial charge in [-0.05, 0) is 11.6 Å². The van der Waals surface area contributed by atoms with Crippen LogP contribution in [-0.4, -0.2) is 41.0 Å². The van der Waals surface area contributed by atoms with E-state index < -0.39 is 23.7 Å². The van der Waals surface area contributed by atoms with Gasteiger partial charge in [0.05, 0.1) is 24.6 Å². The third-order valence-corrected chi connectivity index (χ3v) is 4.47. The lowest BCUT2D eigenvalue weighted by Crippen LogP contribution is -2.56. The minimum absolute atomic E-state index is 0.0673. The predicted octanol–water partition coefficient (Wildman–Crippen LogP) is 1.70. The summed E-state index contributed by atoms with van der Waals surface area (Å²) >= 11 is 0.